The van der Waals surface area contributed by atoms with Gasteiger partial charge in [0.2, 0.25) is 0 Å². The van der Waals surface area contributed by atoms with Crippen LogP contribution >= 0.6 is 0 Å². The quantitative estimate of drug-likeness (QED) is 0.518. The van der Waals surface area contributed by atoms with Crippen molar-refractivity contribution in [2.75, 3.05) is 13.1 Å². The van der Waals surface area contributed by atoms with Gasteiger partial charge in [0.15, 0.2) is 0 Å². The number of halogens is 1. The third-order valence-electron chi connectivity index (χ3n) is 7.23. The monoisotopic (exact) mass is 439 g/mol. The van der Waals surface area contributed by atoms with Crippen molar-refractivity contribution in [2.45, 2.75) is 43.9 Å². The average molecular weight is 440 g/mol. The topological polar surface area (TPSA) is 57.0 Å². The van der Waals surface area contributed by atoms with Gasteiger partial charge in [-0.1, -0.05) is 50.2 Å². The van der Waals surface area contributed by atoms with E-state index in [1.807, 2.05) is 0 Å². The predicted octanol–water partition coefficient (Wildman–Crippen LogP) is 5.81. The highest BCUT2D eigenvalue weighted by atomic mass is 19.1. The van der Waals surface area contributed by atoms with Crippen LogP contribution in [0.5, 0.6) is 0 Å². The van der Waals surface area contributed by atoms with Crippen molar-refractivity contribution in [3.63, 3.8) is 0 Å². The van der Waals surface area contributed by atoms with Crippen molar-refractivity contribution in [1.29, 1.82) is 5.26 Å². The Hall–Kier alpha value is -3.52. The molecule has 33 heavy (non-hydrogen) atoms. The molecule has 1 spiro atoms. The lowest BCUT2D eigenvalue weighted by Crippen LogP contribution is -2.33. The molecule has 1 aromatic heterocycles. The molecule has 1 fully saturated rings. The van der Waals surface area contributed by atoms with Crippen LogP contribution in [0.1, 0.15) is 65.7 Å². The molecule has 1 aliphatic carbocycles. The van der Waals surface area contributed by atoms with Gasteiger partial charge in [-0.05, 0) is 64.8 Å². The Morgan fingerprint density at radius 3 is 2.76 bits per heavy atom. The molecule has 2 heterocycles. The van der Waals surface area contributed by atoms with Crippen molar-refractivity contribution in [2.24, 2.45) is 0 Å². The fourth-order valence-corrected chi connectivity index (χ4v) is 5.59. The maximum atomic E-state index is 13.2. The van der Waals surface area contributed by atoms with E-state index in [0.717, 1.165) is 30.2 Å². The van der Waals surface area contributed by atoms with E-state index in [0.29, 0.717) is 19.0 Å². The summed E-state index contributed by atoms with van der Waals surface area (Å²) in [6.45, 7) is 5.55. The largest absolute Gasteiger partial charge is 0.336 e. The van der Waals surface area contributed by atoms with Gasteiger partial charge < -0.3 is 4.90 Å². The lowest BCUT2D eigenvalue weighted by atomic mass is 9.80. The molecule has 0 N–H and O–H groups in total. The third-order valence-corrected chi connectivity index (χ3v) is 7.23. The zero-order chi connectivity index (χ0) is 23.2. The van der Waals surface area contributed by atoms with Crippen LogP contribution in [-0.4, -0.2) is 28.9 Å². The zero-order valence-electron chi connectivity index (χ0n) is 18.9. The number of benzene rings is 2. The number of hydrogen-bond acceptors (Lipinski definition) is 3. The second kappa shape index (κ2) is 8.12. The molecule has 0 bridgehead atoms. The number of hydrogen-bond donors (Lipinski definition) is 0. The smallest absolute Gasteiger partial charge is 0.272 e. The van der Waals surface area contributed by atoms with Gasteiger partial charge in [0.05, 0.1) is 18.2 Å². The Balaban J connectivity index is 1.48. The molecule has 2 aromatic carbocycles. The summed E-state index contributed by atoms with van der Waals surface area (Å²) >= 11 is 0. The van der Waals surface area contributed by atoms with Crippen LogP contribution in [-0.2, 0) is 5.41 Å². The number of nitrogens with zero attached hydrogens (tertiary/aromatic N) is 3. The number of aromatic nitrogens is 1. The molecular formula is C28H26FN3O. The highest BCUT2D eigenvalue weighted by Crippen LogP contribution is 2.52. The van der Waals surface area contributed by atoms with Crippen LogP contribution in [0.3, 0.4) is 0 Å². The second-order valence-electron chi connectivity index (χ2n) is 9.55. The van der Waals surface area contributed by atoms with Gasteiger partial charge in [-0.15, -0.1) is 0 Å². The molecule has 166 valence electrons. The van der Waals surface area contributed by atoms with Gasteiger partial charge in [-0.25, -0.2) is 9.37 Å². The number of carbonyl (C=O) groups excluding carboxylic acids is 1. The SMILES string of the molecule is CC(C)c1ccccc1-c1ccc2c(c1)C(C#N)CC21CCN(C(=O)c2ccc(F)cn2)C1. The van der Waals surface area contributed by atoms with Crippen molar-refractivity contribution >= 4 is 5.91 Å². The van der Waals surface area contributed by atoms with E-state index in [2.05, 4.69) is 67.4 Å². The summed E-state index contributed by atoms with van der Waals surface area (Å²) in [5.74, 6) is -0.427. The summed E-state index contributed by atoms with van der Waals surface area (Å²) in [5, 5.41) is 9.96. The van der Waals surface area contributed by atoms with E-state index >= 15 is 0 Å². The van der Waals surface area contributed by atoms with Crippen LogP contribution < -0.4 is 0 Å². The van der Waals surface area contributed by atoms with Crippen molar-refractivity contribution in [1.82, 2.24) is 9.88 Å². The lowest BCUT2D eigenvalue weighted by Gasteiger charge is -2.25. The van der Waals surface area contributed by atoms with E-state index in [1.165, 1.54) is 28.8 Å². The minimum atomic E-state index is -0.458. The van der Waals surface area contributed by atoms with Gasteiger partial charge in [-0.2, -0.15) is 5.26 Å². The molecule has 1 aliphatic heterocycles. The summed E-state index contributed by atoms with van der Waals surface area (Å²) in [6.07, 6.45) is 2.61. The normalized spacial score (nSPS) is 21.4. The molecule has 2 atom stereocenters. The predicted molar refractivity (Wildman–Crippen MR) is 125 cm³/mol. The Morgan fingerprint density at radius 2 is 2.03 bits per heavy atom. The minimum absolute atomic E-state index is 0.184. The summed E-state index contributed by atoms with van der Waals surface area (Å²) in [4.78, 5) is 18.7. The van der Waals surface area contributed by atoms with Crippen LogP contribution in [0.15, 0.2) is 60.8 Å². The highest BCUT2D eigenvalue weighted by molar-refractivity contribution is 5.92. The highest BCUT2D eigenvalue weighted by Gasteiger charge is 2.49. The summed E-state index contributed by atoms with van der Waals surface area (Å²) in [5.41, 5.74) is 5.94. The fourth-order valence-electron chi connectivity index (χ4n) is 5.59. The molecule has 5 heteroatoms. The first-order chi connectivity index (χ1) is 15.9. The average Bonchev–Trinajstić information content (AvgIpc) is 3.40. The lowest BCUT2D eigenvalue weighted by molar-refractivity contribution is 0.0777. The molecule has 4 nitrogen and oxygen atoms in total. The van der Waals surface area contributed by atoms with Gasteiger partial charge in [0.25, 0.3) is 5.91 Å². The number of pyridine rings is 1. The van der Waals surface area contributed by atoms with Crippen LogP contribution in [0.4, 0.5) is 4.39 Å². The summed E-state index contributed by atoms with van der Waals surface area (Å²) in [7, 11) is 0. The van der Waals surface area contributed by atoms with E-state index in [9.17, 15) is 14.4 Å². The number of rotatable bonds is 3. The first-order valence-corrected chi connectivity index (χ1v) is 11.5. The summed E-state index contributed by atoms with van der Waals surface area (Å²) in [6, 6.07) is 20.2. The Bertz CT molecular complexity index is 1260. The number of nitriles is 1. The molecule has 3 aromatic rings. The minimum Gasteiger partial charge on any atom is -0.336 e. The van der Waals surface area contributed by atoms with Crippen LogP contribution in [0, 0.1) is 17.1 Å². The Kier molecular flexibility index (Phi) is 5.25. The van der Waals surface area contributed by atoms with E-state index in [1.54, 1.807) is 4.90 Å². The number of amides is 1. The van der Waals surface area contributed by atoms with Crippen molar-refractivity contribution in [3.8, 4) is 17.2 Å². The van der Waals surface area contributed by atoms with Gasteiger partial charge >= 0.3 is 0 Å². The maximum Gasteiger partial charge on any atom is 0.272 e. The standard InChI is InChI=1S/C28H26FN3O/c1-18(2)22-5-3-4-6-23(22)19-7-9-25-24(13-19)20(15-30)14-28(25)11-12-32(17-28)27(33)26-10-8-21(29)16-31-26/h3-10,13,16,18,20H,11-12,14,17H2,1-2H3. The molecule has 0 saturated carbocycles. The first-order valence-electron chi connectivity index (χ1n) is 11.5. The first kappa shape index (κ1) is 21.3. The molecule has 0 radical (unpaired) electrons. The van der Waals surface area contributed by atoms with Gasteiger partial charge in [0.1, 0.15) is 11.5 Å². The second-order valence-corrected chi connectivity index (χ2v) is 9.55. The van der Waals surface area contributed by atoms with Crippen molar-refractivity contribution < 1.29 is 9.18 Å². The summed E-state index contributed by atoms with van der Waals surface area (Å²) < 4.78 is 13.2. The molecule has 1 saturated heterocycles. The molecule has 1 amide bonds. The third kappa shape index (κ3) is 3.60. The molecule has 5 rings (SSSR count). The van der Waals surface area contributed by atoms with Crippen LogP contribution in [0.2, 0.25) is 0 Å². The fraction of sp³-hybridized carbons (Fsp3) is 0.321. The molecule has 2 unspecified atom stereocenters. The Morgan fingerprint density at radius 1 is 1.21 bits per heavy atom. The van der Waals surface area contributed by atoms with Crippen LogP contribution in [0.25, 0.3) is 11.1 Å². The number of fused-ring (bicyclic) bond motifs is 2. The number of carbonyl (C=O) groups is 1. The zero-order valence-corrected chi connectivity index (χ0v) is 18.9. The van der Waals surface area contributed by atoms with Gasteiger partial charge in [-0.3, -0.25) is 4.79 Å². The van der Waals surface area contributed by atoms with Crippen molar-refractivity contribution in [3.05, 3.63) is 89.0 Å². The van der Waals surface area contributed by atoms with Gasteiger partial charge in [0, 0.05) is 18.5 Å². The molecular weight excluding hydrogens is 413 g/mol. The maximum absolute atomic E-state index is 13.2. The van der Waals surface area contributed by atoms with E-state index in [4.69, 9.17) is 0 Å². The number of likely N-dealkylation sites (tertiary alicyclic amines) is 1. The van der Waals surface area contributed by atoms with E-state index < -0.39 is 5.82 Å². The molecule has 2 aliphatic rings. The Labute approximate surface area is 193 Å². The van der Waals surface area contributed by atoms with E-state index in [-0.39, 0.29) is 22.9 Å².